The zero-order chi connectivity index (χ0) is 30.4. The summed E-state index contributed by atoms with van der Waals surface area (Å²) in [5.41, 5.74) is 2.71. The zero-order valence-electron chi connectivity index (χ0n) is 24.0. The van der Waals surface area contributed by atoms with Crippen molar-refractivity contribution in [1.29, 1.82) is 0 Å². The Morgan fingerprint density at radius 2 is 1.74 bits per heavy atom. The molecule has 0 spiro atoms. The van der Waals surface area contributed by atoms with Gasteiger partial charge >= 0.3 is 6.18 Å². The Balaban J connectivity index is 1.13. The number of nitrogens with zero attached hydrogens (tertiary/aromatic N) is 4. The Bertz CT molecular complexity index is 1540. The quantitative estimate of drug-likeness (QED) is 0.225. The van der Waals surface area contributed by atoms with Crippen LogP contribution in [0, 0.1) is 6.92 Å². The molecule has 1 aromatic carbocycles. The van der Waals surface area contributed by atoms with Gasteiger partial charge in [-0.15, -0.1) is 0 Å². The maximum Gasteiger partial charge on any atom is 0.416 e. The molecule has 0 bridgehead atoms. The van der Waals surface area contributed by atoms with Gasteiger partial charge in [0.2, 0.25) is 0 Å². The summed E-state index contributed by atoms with van der Waals surface area (Å²) in [6.45, 7) is 5.27. The van der Waals surface area contributed by atoms with Crippen LogP contribution < -0.4 is 15.4 Å². The fraction of sp³-hybridized carbons (Fsp3) is 0.312. The number of ether oxygens (including phenoxy) is 1. The molecular weight excluding hydrogens is 557 g/mol. The van der Waals surface area contributed by atoms with Gasteiger partial charge in [0, 0.05) is 37.1 Å². The maximum atomic E-state index is 13.1. The molecule has 1 aliphatic heterocycles. The highest BCUT2D eigenvalue weighted by atomic mass is 19.4. The molecule has 5 rings (SSSR count). The van der Waals surface area contributed by atoms with Crippen LogP contribution in [0.15, 0.2) is 73.1 Å². The second kappa shape index (κ2) is 13.1. The molecule has 1 aliphatic rings. The summed E-state index contributed by atoms with van der Waals surface area (Å²) in [5, 5.41) is 6.32. The molecule has 0 atom stereocenters. The van der Waals surface area contributed by atoms with Crippen molar-refractivity contribution < 1.29 is 22.7 Å². The van der Waals surface area contributed by atoms with Gasteiger partial charge in [0.05, 0.1) is 11.3 Å². The van der Waals surface area contributed by atoms with Crippen LogP contribution in [0.5, 0.6) is 5.75 Å². The number of hydrogen-bond acceptors (Lipinski definition) is 7. The van der Waals surface area contributed by atoms with Crippen molar-refractivity contribution in [3.05, 3.63) is 89.7 Å². The predicted molar refractivity (Wildman–Crippen MR) is 159 cm³/mol. The van der Waals surface area contributed by atoms with E-state index < -0.39 is 11.7 Å². The van der Waals surface area contributed by atoms with E-state index in [4.69, 9.17) is 4.74 Å². The summed E-state index contributed by atoms with van der Waals surface area (Å²) in [6, 6.07) is 17.2. The van der Waals surface area contributed by atoms with Crippen LogP contribution >= 0.6 is 0 Å². The summed E-state index contributed by atoms with van der Waals surface area (Å²) >= 11 is 0. The first kappa shape index (κ1) is 29.8. The van der Waals surface area contributed by atoms with Gasteiger partial charge in [-0.05, 0) is 85.8 Å². The number of amides is 1. The highest BCUT2D eigenvalue weighted by molar-refractivity contribution is 5.78. The summed E-state index contributed by atoms with van der Waals surface area (Å²) in [5.74, 6) is 1.82. The second-order valence-electron chi connectivity index (χ2n) is 10.5. The molecule has 0 saturated carbocycles. The minimum atomic E-state index is -4.46. The van der Waals surface area contributed by atoms with Crippen molar-refractivity contribution in [2.24, 2.45) is 0 Å². The monoisotopic (exact) mass is 590 g/mol. The lowest BCUT2D eigenvalue weighted by atomic mass is 10.0. The van der Waals surface area contributed by atoms with E-state index in [0.29, 0.717) is 36.2 Å². The van der Waals surface area contributed by atoms with Crippen LogP contribution in [-0.2, 0) is 17.4 Å². The molecule has 8 nitrogen and oxygen atoms in total. The van der Waals surface area contributed by atoms with Crippen LogP contribution in [0.3, 0.4) is 0 Å². The number of aryl methyl sites for hydroxylation is 2. The molecule has 0 unspecified atom stereocenters. The number of nitrogens with one attached hydrogen (secondary N) is 2. The summed E-state index contributed by atoms with van der Waals surface area (Å²) in [6.07, 6.45) is 0.895. The number of rotatable bonds is 9. The summed E-state index contributed by atoms with van der Waals surface area (Å²) < 4.78 is 44.9. The van der Waals surface area contributed by atoms with Gasteiger partial charge < -0.3 is 20.3 Å². The average molecular weight is 591 g/mol. The number of benzene rings is 1. The average Bonchev–Trinajstić information content (AvgIpc) is 3.00. The molecular formula is C32H33F3N6O2. The predicted octanol–water partition coefficient (Wildman–Crippen LogP) is 6.65. The number of piperidine rings is 1. The van der Waals surface area contributed by atoms with Crippen molar-refractivity contribution in [2.45, 2.75) is 45.3 Å². The molecule has 0 aliphatic carbocycles. The van der Waals surface area contributed by atoms with Crippen LogP contribution in [0.4, 0.5) is 30.6 Å². The molecule has 0 radical (unpaired) electrons. The topological polar surface area (TPSA) is 92.3 Å². The lowest BCUT2D eigenvalue weighted by Gasteiger charge is -2.32. The highest BCUT2D eigenvalue weighted by Crippen LogP contribution is 2.31. The third kappa shape index (κ3) is 8.00. The van der Waals surface area contributed by atoms with E-state index in [0.717, 1.165) is 48.7 Å². The van der Waals surface area contributed by atoms with Gasteiger partial charge in [-0.25, -0.2) is 15.0 Å². The van der Waals surface area contributed by atoms with Crippen LogP contribution in [0.2, 0.25) is 0 Å². The molecule has 4 aromatic rings. The highest BCUT2D eigenvalue weighted by Gasteiger charge is 2.30. The van der Waals surface area contributed by atoms with Crippen molar-refractivity contribution in [3.63, 3.8) is 0 Å². The Kier molecular flexibility index (Phi) is 9.08. The third-order valence-electron chi connectivity index (χ3n) is 7.27. The van der Waals surface area contributed by atoms with E-state index in [1.807, 2.05) is 54.3 Å². The molecule has 43 heavy (non-hydrogen) atoms. The van der Waals surface area contributed by atoms with Crippen LogP contribution in [-0.4, -0.2) is 51.5 Å². The molecule has 1 amide bonds. The van der Waals surface area contributed by atoms with Crippen LogP contribution in [0.25, 0.3) is 11.3 Å². The molecule has 1 saturated heterocycles. The van der Waals surface area contributed by atoms with Gasteiger partial charge in [-0.2, -0.15) is 13.2 Å². The fourth-order valence-corrected chi connectivity index (χ4v) is 4.86. The van der Waals surface area contributed by atoms with Gasteiger partial charge in [-0.1, -0.05) is 19.1 Å². The fourth-order valence-electron chi connectivity index (χ4n) is 4.86. The number of aromatic nitrogens is 3. The zero-order valence-corrected chi connectivity index (χ0v) is 24.0. The first-order valence-corrected chi connectivity index (χ1v) is 14.2. The minimum absolute atomic E-state index is 0.0211. The maximum absolute atomic E-state index is 13.1. The minimum Gasteiger partial charge on any atom is -0.484 e. The number of carbonyl (C=O) groups excluding carboxylic acids is 1. The smallest absolute Gasteiger partial charge is 0.416 e. The molecule has 2 N–H and O–H groups in total. The van der Waals surface area contributed by atoms with Gasteiger partial charge in [-0.3, -0.25) is 4.79 Å². The Labute approximate surface area is 248 Å². The molecule has 4 heterocycles. The largest absolute Gasteiger partial charge is 0.484 e. The molecule has 224 valence electrons. The normalized spacial score (nSPS) is 13.9. The van der Waals surface area contributed by atoms with E-state index in [-0.39, 0.29) is 24.4 Å². The number of pyridine rings is 3. The Hall–Kier alpha value is -4.67. The van der Waals surface area contributed by atoms with Crippen molar-refractivity contribution in [2.75, 3.05) is 30.3 Å². The second-order valence-corrected chi connectivity index (χ2v) is 10.5. The summed E-state index contributed by atoms with van der Waals surface area (Å²) in [7, 11) is 0. The number of carbonyl (C=O) groups is 1. The number of likely N-dealkylation sites (tertiary alicyclic amines) is 1. The number of hydrogen-bond donors (Lipinski definition) is 2. The van der Waals surface area contributed by atoms with Crippen molar-refractivity contribution >= 4 is 23.4 Å². The summed E-state index contributed by atoms with van der Waals surface area (Å²) in [4.78, 5) is 27.6. The SMILES string of the molecule is CCc1ccc(OCC(=O)N2CCC(Nc3ccc(-c4cc(C)cc(Nc5cc(C(F)(F)F)ccn5)n4)cn3)CC2)cc1. The lowest BCUT2D eigenvalue weighted by Crippen LogP contribution is -2.44. The third-order valence-corrected chi connectivity index (χ3v) is 7.27. The van der Waals surface area contributed by atoms with Gasteiger partial charge in [0.25, 0.3) is 5.91 Å². The van der Waals surface area contributed by atoms with Gasteiger partial charge in [0.1, 0.15) is 23.2 Å². The number of halogens is 3. The first-order valence-electron chi connectivity index (χ1n) is 14.2. The first-order chi connectivity index (χ1) is 20.7. The van der Waals surface area contributed by atoms with E-state index in [1.165, 1.54) is 5.56 Å². The molecule has 1 fully saturated rings. The number of anilines is 3. The number of alkyl halides is 3. The Morgan fingerprint density at radius 3 is 2.42 bits per heavy atom. The van der Waals surface area contributed by atoms with Gasteiger partial charge in [0.15, 0.2) is 6.61 Å². The Morgan fingerprint density at radius 1 is 0.977 bits per heavy atom. The standard InChI is InChI=1S/C32H33F3N6O2/c1-3-22-4-7-26(8-5-22)43-20-31(42)41-14-11-25(12-15-41)38-28-9-6-23(19-37-28)27-16-21(2)17-30(39-27)40-29-18-24(10-13-36-29)32(33,34)35/h4-10,13,16-19,25H,3,11-12,14-15,20H2,1-2H3,(H,37,38)(H,36,39,40). The lowest BCUT2D eigenvalue weighted by molar-refractivity contribution is -0.137. The van der Waals surface area contributed by atoms with E-state index in [2.05, 4.69) is 32.5 Å². The van der Waals surface area contributed by atoms with Crippen molar-refractivity contribution in [1.82, 2.24) is 19.9 Å². The van der Waals surface area contributed by atoms with E-state index in [9.17, 15) is 18.0 Å². The molecule has 11 heteroatoms. The van der Waals surface area contributed by atoms with E-state index >= 15 is 0 Å². The van der Waals surface area contributed by atoms with Crippen LogP contribution in [0.1, 0.15) is 36.5 Å². The molecule has 3 aromatic heterocycles. The van der Waals surface area contributed by atoms with Crippen molar-refractivity contribution in [3.8, 4) is 17.0 Å². The van der Waals surface area contributed by atoms with E-state index in [1.54, 1.807) is 12.3 Å².